The van der Waals surface area contributed by atoms with E-state index in [-0.39, 0.29) is 5.78 Å². The first-order valence-corrected chi connectivity index (χ1v) is 8.44. The van der Waals surface area contributed by atoms with E-state index in [1.807, 2.05) is 12.3 Å². The molecule has 118 valence electrons. The number of imidazole rings is 1. The largest absolute Gasteiger partial charge is 0.340 e. The third-order valence-electron chi connectivity index (χ3n) is 4.09. The maximum Gasteiger partial charge on any atom is 0.169 e. The van der Waals surface area contributed by atoms with Crippen LogP contribution in [0.5, 0.6) is 0 Å². The summed E-state index contributed by atoms with van der Waals surface area (Å²) in [6.07, 6.45) is 4.56. The zero-order valence-electron chi connectivity index (χ0n) is 12.8. The molecule has 2 N–H and O–H groups in total. The van der Waals surface area contributed by atoms with Gasteiger partial charge >= 0.3 is 0 Å². The molecule has 0 aromatic carbocycles. The Morgan fingerprint density at radius 3 is 3.13 bits per heavy atom. The molecule has 0 unspecified atom stereocenters. The number of thiophene rings is 1. The monoisotopic (exact) mass is 327 g/mol. The fourth-order valence-electron chi connectivity index (χ4n) is 2.90. The maximum atomic E-state index is 11.4. The second-order valence-electron chi connectivity index (χ2n) is 5.83. The summed E-state index contributed by atoms with van der Waals surface area (Å²) in [5.74, 6) is 1.01. The zero-order valence-corrected chi connectivity index (χ0v) is 13.6. The minimum absolute atomic E-state index is 0.139. The molecule has 23 heavy (non-hydrogen) atoms. The van der Waals surface area contributed by atoms with Gasteiger partial charge in [0.15, 0.2) is 5.78 Å². The van der Waals surface area contributed by atoms with Gasteiger partial charge in [0.05, 0.1) is 28.0 Å². The van der Waals surface area contributed by atoms with Crippen LogP contribution in [0, 0.1) is 0 Å². The number of nitrogens with zero attached hydrogens (tertiary/aromatic N) is 3. The molecule has 0 amide bonds. The van der Waals surface area contributed by atoms with Gasteiger partial charge in [0, 0.05) is 32.3 Å². The Morgan fingerprint density at radius 1 is 1.48 bits per heavy atom. The number of hydrogen-bond acceptors (Lipinski definition) is 5. The molecule has 4 heterocycles. The van der Waals surface area contributed by atoms with Gasteiger partial charge in [-0.25, -0.2) is 4.98 Å². The van der Waals surface area contributed by atoms with Gasteiger partial charge in [-0.2, -0.15) is 5.10 Å². The van der Waals surface area contributed by atoms with Crippen molar-refractivity contribution in [2.24, 2.45) is 0 Å². The Morgan fingerprint density at radius 2 is 2.39 bits per heavy atom. The van der Waals surface area contributed by atoms with E-state index in [1.165, 1.54) is 22.6 Å². The Labute approximate surface area is 137 Å². The van der Waals surface area contributed by atoms with Gasteiger partial charge in [-0.3, -0.25) is 14.8 Å². The number of aromatic nitrogens is 4. The highest BCUT2D eigenvalue weighted by Crippen LogP contribution is 2.24. The molecule has 6 nitrogen and oxygen atoms in total. The summed E-state index contributed by atoms with van der Waals surface area (Å²) in [4.78, 5) is 22.7. The molecule has 0 radical (unpaired) electrons. The number of ketones is 1. The molecule has 1 aliphatic rings. The molecule has 4 rings (SSSR count). The molecular formula is C16H17N5OS. The first-order chi connectivity index (χ1) is 11.2. The number of fused-ring (bicyclic) bond motifs is 1. The van der Waals surface area contributed by atoms with Crippen LogP contribution in [-0.4, -0.2) is 37.4 Å². The van der Waals surface area contributed by atoms with Crippen molar-refractivity contribution in [2.45, 2.75) is 26.4 Å². The highest BCUT2D eigenvalue weighted by atomic mass is 32.1. The first-order valence-electron chi connectivity index (χ1n) is 7.56. The van der Waals surface area contributed by atoms with E-state index in [9.17, 15) is 4.79 Å². The summed E-state index contributed by atoms with van der Waals surface area (Å²) < 4.78 is 0. The normalized spacial score (nSPS) is 14.8. The molecule has 0 saturated carbocycles. The minimum atomic E-state index is 0.139. The van der Waals surface area contributed by atoms with Crippen LogP contribution in [0.2, 0.25) is 0 Å². The third-order valence-corrected chi connectivity index (χ3v) is 5.17. The molecule has 3 aromatic heterocycles. The Kier molecular flexibility index (Phi) is 3.59. The van der Waals surface area contributed by atoms with E-state index in [2.05, 4.69) is 30.4 Å². The Balaban J connectivity index is 1.49. The summed E-state index contributed by atoms with van der Waals surface area (Å²) in [6.45, 7) is 4.31. The van der Waals surface area contributed by atoms with Crippen molar-refractivity contribution in [3.63, 3.8) is 0 Å². The number of nitrogens with one attached hydrogen (secondary N) is 2. The molecule has 0 bridgehead atoms. The molecular weight excluding hydrogens is 310 g/mol. The maximum absolute atomic E-state index is 11.4. The third kappa shape index (κ3) is 2.85. The second kappa shape index (κ2) is 5.75. The quantitative estimate of drug-likeness (QED) is 0.722. The number of hydrogen-bond donors (Lipinski definition) is 2. The van der Waals surface area contributed by atoms with E-state index < -0.39 is 0 Å². The van der Waals surface area contributed by atoms with Crippen molar-refractivity contribution >= 4 is 17.1 Å². The summed E-state index contributed by atoms with van der Waals surface area (Å²) in [6, 6.07) is 2.01. The predicted molar refractivity (Wildman–Crippen MR) is 88.3 cm³/mol. The lowest BCUT2D eigenvalue weighted by molar-refractivity contribution is 0.102. The van der Waals surface area contributed by atoms with Crippen LogP contribution in [0.15, 0.2) is 23.8 Å². The number of carbonyl (C=O) groups is 1. The number of carbonyl (C=O) groups excluding carboxylic acids is 1. The summed E-state index contributed by atoms with van der Waals surface area (Å²) in [7, 11) is 0. The highest BCUT2D eigenvalue weighted by molar-refractivity contribution is 7.12. The van der Waals surface area contributed by atoms with Gasteiger partial charge in [-0.05, 0) is 23.9 Å². The first kappa shape index (κ1) is 14.3. The average Bonchev–Trinajstić information content (AvgIpc) is 3.26. The van der Waals surface area contributed by atoms with Crippen LogP contribution in [0.4, 0.5) is 0 Å². The van der Waals surface area contributed by atoms with Crippen molar-refractivity contribution in [1.29, 1.82) is 0 Å². The van der Waals surface area contributed by atoms with Crippen molar-refractivity contribution in [3.05, 3.63) is 45.7 Å². The van der Waals surface area contributed by atoms with Crippen LogP contribution in [0.3, 0.4) is 0 Å². The predicted octanol–water partition coefficient (Wildman–Crippen LogP) is 2.62. The van der Waals surface area contributed by atoms with E-state index in [0.717, 1.165) is 48.0 Å². The van der Waals surface area contributed by atoms with Crippen LogP contribution < -0.4 is 0 Å². The number of rotatable bonds is 4. The SMILES string of the molecule is CC(=O)c1cc(CN2CCc3nc(-c4cn[nH]c4)[nH]c3C2)cs1. The molecule has 0 saturated heterocycles. The van der Waals surface area contributed by atoms with Crippen molar-refractivity contribution in [3.8, 4) is 11.4 Å². The molecule has 0 aliphatic carbocycles. The molecule has 0 fully saturated rings. The van der Waals surface area contributed by atoms with Gasteiger partial charge in [0.1, 0.15) is 5.82 Å². The summed E-state index contributed by atoms with van der Waals surface area (Å²) in [5, 5.41) is 8.86. The smallest absolute Gasteiger partial charge is 0.169 e. The van der Waals surface area contributed by atoms with E-state index >= 15 is 0 Å². The zero-order chi connectivity index (χ0) is 15.8. The van der Waals surface area contributed by atoms with Gasteiger partial charge < -0.3 is 4.98 Å². The lowest BCUT2D eigenvalue weighted by Gasteiger charge is -2.25. The van der Waals surface area contributed by atoms with E-state index in [0.29, 0.717) is 0 Å². The van der Waals surface area contributed by atoms with Crippen LogP contribution in [0.1, 0.15) is 33.5 Å². The molecule has 0 atom stereocenters. The number of Topliss-reactive ketones (excluding diaryl/α,β-unsaturated/α-hetero) is 1. The van der Waals surface area contributed by atoms with Crippen LogP contribution >= 0.6 is 11.3 Å². The number of H-pyrrole nitrogens is 2. The minimum Gasteiger partial charge on any atom is -0.340 e. The molecule has 1 aliphatic heterocycles. The lowest BCUT2D eigenvalue weighted by atomic mass is 10.1. The topological polar surface area (TPSA) is 77.7 Å². The highest BCUT2D eigenvalue weighted by Gasteiger charge is 2.21. The fraction of sp³-hybridized carbons (Fsp3) is 0.312. The fourth-order valence-corrected chi connectivity index (χ4v) is 3.71. The van der Waals surface area contributed by atoms with Crippen molar-refractivity contribution < 1.29 is 4.79 Å². The van der Waals surface area contributed by atoms with Gasteiger partial charge in [0.25, 0.3) is 0 Å². The molecule has 3 aromatic rings. The Hall–Kier alpha value is -2.25. The summed E-state index contributed by atoms with van der Waals surface area (Å²) >= 11 is 1.53. The average molecular weight is 327 g/mol. The molecule has 0 spiro atoms. The van der Waals surface area contributed by atoms with Gasteiger partial charge in [-0.15, -0.1) is 11.3 Å². The van der Waals surface area contributed by atoms with Crippen LogP contribution in [-0.2, 0) is 19.5 Å². The van der Waals surface area contributed by atoms with Crippen molar-refractivity contribution in [1.82, 2.24) is 25.1 Å². The summed E-state index contributed by atoms with van der Waals surface area (Å²) in [5.41, 5.74) is 4.51. The van der Waals surface area contributed by atoms with E-state index in [4.69, 9.17) is 0 Å². The van der Waals surface area contributed by atoms with Gasteiger partial charge in [0.2, 0.25) is 0 Å². The molecule has 7 heteroatoms. The lowest BCUT2D eigenvalue weighted by Crippen LogP contribution is -2.29. The van der Waals surface area contributed by atoms with E-state index in [1.54, 1.807) is 13.1 Å². The van der Waals surface area contributed by atoms with Crippen molar-refractivity contribution in [2.75, 3.05) is 6.54 Å². The second-order valence-corrected chi connectivity index (χ2v) is 6.74. The Bertz CT molecular complexity index is 833. The number of aromatic amines is 2. The standard InChI is InChI=1S/C16H17N5OS/c1-10(22)15-4-11(9-23-15)7-21-3-2-13-14(8-21)20-16(19-13)12-5-17-18-6-12/h4-6,9H,2-3,7-8H2,1H3,(H,17,18)(H,19,20). The van der Waals surface area contributed by atoms with Gasteiger partial charge in [-0.1, -0.05) is 0 Å². The van der Waals surface area contributed by atoms with Crippen LogP contribution in [0.25, 0.3) is 11.4 Å².